The van der Waals surface area contributed by atoms with Gasteiger partial charge in [0.05, 0.1) is 44.1 Å². The van der Waals surface area contributed by atoms with Gasteiger partial charge in [-0.25, -0.2) is 14.8 Å². The van der Waals surface area contributed by atoms with Gasteiger partial charge in [0.25, 0.3) is 0 Å². The number of amides is 4. The first-order valence-corrected chi connectivity index (χ1v) is 19.7. The smallest absolute Gasteiger partial charge is 0.334 e. The summed E-state index contributed by atoms with van der Waals surface area (Å²) in [7, 11) is 0. The van der Waals surface area contributed by atoms with Crippen molar-refractivity contribution in [3.05, 3.63) is 138 Å². The predicted octanol–water partition coefficient (Wildman–Crippen LogP) is 4.58. The van der Waals surface area contributed by atoms with Crippen LogP contribution in [0.2, 0.25) is 0 Å². The number of carbonyl (C=O) groups is 3. The van der Waals surface area contributed by atoms with Gasteiger partial charge in [0.15, 0.2) is 5.76 Å². The molecule has 0 aliphatic carbocycles. The van der Waals surface area contributed by atoms with Crippen molar-refractivity contribution in [2.75, 3.05) is 44.3 Å². The van der Waals surface area contributed by atoms with Crippen LogP contribution in [0.25, 0.3) is 22.3 Å². The highest BCUT2D eigenvalue weighted by molar-refractivity contribution is 5.92. The van der Waals surface area contributed by atoms with E-state index in [2.05, 4.69) is 20.4 Å². The molecule has 15 heteroatoms. The van der Waals surface area contributed by atoms with E-state index in [1.807, 2.05) is 78.9 Å². The van der Waals surface area contributed by atoms with Gasteiger partial charge in [-0.15, -0.1) is 0 Å². The Labute approximate surface area is 340 Å². The molecule has 300 valence electrons. The number of urea groups is 1. The molecule has 3 aromatic heterocycles. The van der Waals surface area contributed by atoms with Gasteiger partial charge in [-0.1, -0.05) is 71.9 Å². The molecule has 59 heavy (non-hydrogen) atoms. The fourth-order valence-electron chi connectivity index (χ4n) is 8.12. The maximum absolute atomic E-state index is 14.7. The second kappa shape index (κ2) is 16.6. The summed E-state index contributed by atoms with van der Waals surface area (Å²) < 4.78 is 11.4. The third kappa shape index (κ3) is 8.02. The predicted molar refractivity (Wildman–Crippen MR) is 217 cm³/mol. The number of phenolic OH excluding ortho intramolecular Hbond substituents is 1. The van der Waals surface area contributed by atoms with E-state index in [1.165, 1.54) is 0 Å². The Morgan fingerprint density at radius 3 is 2.49 bits per heavy atom. The Kier molecular flexibility index (Phi) is 10.6. The Bertz CT molecular complexity index is 2450. The molecule has 0 spiro atoms. The largest absolute Gasteiger partial charge is 0.508 e. The molecule has 3 aliphatic heterocycles. The van der Waals surface area contributed by atoms with Gasteiger partial charge in [-0.2, -0.15) is 5.01 Å². The van der Waals surface area contributed by atoms with Crippen molar-refractivity contribution < 1.29 is 28.8 Å². The summed E-state index contributed by atoms with van der Waals surface area (Å²) in [5.74, 6) is 0.779. The van der Waals surface area contributed by atoms with Gasteiger partial charge in [0.2, 0.25) is 11.8 Å². The van der Waals surface area contributed by atoms with E-state index in [0.29, 0.717) is 30.4 Å². The molecule has 2 unspecified atom stereocenters. The number of fused-ring (bicyclic) bond motifs is 2. The average molecular weight is 794 g/mol. The number of piperazine rings is 1. The van der Waals surface area contributed by atoms with E-state index in [0.717, 1.165) is 46.5 Å². The zero-order valence-corrected chi connectivity index (χ0v) is 32.3. The minimum absolute atomic E-state index is 0.0383. The molecule has 0 radical (unpaired) electrons. The van der Waals surface area contributed by atoms with E-state index in [4.69, 9.17) is 14.2 Å². The fraction of sp³-hybridized carbons (Fsp3) is 0.273. The van der Waals surface area contributed by atoms with Crippen LogP contribution in [0.4, 0.5) is 10.6 Å². The first kappa shape index (κ1) is 37.7. The molecule has 0 saturated carbocycles. The van der Waals surface area contributed by atoms with Crippen LogP contribution in [0.5, 0.6) is 5.75 Å². The Balaban J connectivity index is 1.05. The summed E-state index contributed by atoms with van der Waals surface area (Å²) in [6.45, 7) is 3.09. The quantitative estimate of drug-likeness (QED) is 0.200. The van der Waals surface area contributed by atoms with Gasteiger partial charge in [0.1, 0.15) is 29.5 Å². The molecule has 3 aromatic carbocycles. The van der Waals surface area contributed by atoms with Crippen LogP contribution in [-0.4, -0.2) is 109 Å². The Morgan fingerprint density at radius 2 is 1.66 bits per heavy atom. The van der Waals surface area contributed by atoms with Crippen molar-refractivity contribution >= 4 is 34.6 Å². The standard InChI is InChI=1S/C44H43N9O6/c54-33-16-14-30(15-17-33)23-39-43(56)50(26-32-9-4-11-36-35(32)10-6-18-45-36)28-41-52(39)42(55)29-51(53(41)44(57)46-25-31-7-2-1-3-8-31)27-34-24-38(48-59-34)37-12-5-13-40(47-37)49-19-21-58-22-20-49/h1-18,24,39,41,54H,19-23,25-29H2,(H,46,57). The minimum atomic E-state index is -0.938. The van der Waals surface area contributed by atoms with E-state index in [1.54, 1.807) is 56.3 Å². The molecule has 2 N–H and O–H groups in total. The molecule has 3 saturated heterocycles. The number of rotatable bonds is 10. The van der Waals surface area contributed by atoms with E-state index < -0.39 is 18.2 Å². The Morgan fingerprint density at radius 1 is 0.847 bits per heavy atom. The lowest BCUT2D eigenvalue weighted by atomic mass is 9.98. The molecule has 0 bridgehead atoms. The number of morpholine rings is 1. The molecule has 9 rings (SSSR count). The van der Waals surface area contributed by atoms with E-state index in [-0.39, 0.29) is 56.7 Å². The molecule has 4 amide bonds. The van der Waals surface area contributed by atoms with Crippen LogP contribution in [0.3, 0.4) is 0 Å². The van der Waals surface area contributed by atoms with Crippen LogP contribution < -0.4 is 10.2 Å². The number of nitrogens with zero attached hydrogens (tertiary/aromatic N) is 8. The molecule has 6 aromatic rings. The number of hydrogen-bond donors (Lipinski definition) is 2. The summed E-state index contributed by atoms with van der Waals surface area (Å²) in [4.78, 5) is 58.5. The van der Waals surface area contributed by atoms with E-state index >= 15 is 0 Å². The number of pyridine rings is 2. The first-order valence-electron chi connectivity index (χ1n) is 19.7. The summed E-state index contributed by atoms with van der Waals surface area (Å²) in [5.41, 5.74) is 4.50. The highest BCUT2D eigenvalue weighted by atomic mass is 16.5. The van der Waals surface area contributed by atoms with Gasteiger partial charge >= 0.3 is 6.03 Å². The second-order valence-corrected chi connectivity index (χ2v) is 14.8. The maximum atomic E-state index is 14.7. The lowest BCUT2D eigenvalue weighted by Gasteiger charge is -2.55. The molecular formula is C44H43N9O6. The number of nitrogens with one attached hydrogen (secondary N) is 1. The molecule has 3 fully saturated rings. The second-order valence-electron chi connectivity index (χ2n) is 14.8. The van der Waals surface area contributed by atoms with Crippen LogP contribution in [0.1, 0.15) is 22.5 Å². The molecule has 6 heterocycles. The highest BCUT2D eigenvalue weighted by Crippen LogP contribution is 2.32. The van der Waals surface area contributed by atoms with Gasteiger partial charge in [-0.05, 0) is 53.1 Å². The van der Waals surface area contributed by atoms with Crippen LogP contribution in [0, 0.1) is 0 Å². The molecule has 2 atom stereocenters. The zero-order valence-electron chi connectivity index (χ0n) is 32.3. The highest BCUT2D eigenvalue weighted by Gasteiger charge is 2.51. The van der Waals surface area contributed by atoms with Gasteiger partial charge in [0, 0.05) is 50.2 Å². The van der Waals surface area contributed by atoms with E-state index in [9.17, 15) is 19.5 Å². The molecule has 15 nitrogen and oxygen atoms in total. The number of hydrogen-bond acceptors (Lipinski definition) is 11. The number of hydrazine groups is 1. The number of anilines is 1. The summed E-state index contributed by atoms with van der Waals surface area (Å²) in [6.07, 6.45) is 1.03. The van der Waals surface area contributed by atoms with Crippen molar-refractivity contribution in [3.63, 3.8) is 0 Å². The number of phenols is 1. The number of aromatic nitrogens is 3. The zero-order chi connectivity index (χ0) is 40.3. The minimum Gasteiger partial charge on any atom is -0.508 e. The van der Waals surface area contributed by atoms with Gasteiger partial charge < -0.3 is 34.4 Å². The summed E-state index contributed by atoms with van der Waals surface area (Å²) in [6, 6.07) is 32.0. The SMILES string of the molecule is O=C1C(Cc2ccc(O)cc2)N2C(=O)CN(Cc3cc(-c4cccc(N5CCOCC5)n4)no3)N(C(=O)NCc3ccccc3)C2CN1Cc1cccc2ncccc12. The van der Waals surface area contributed by atoms with Crippen molar-refractivity contribution in [1.82, 2.24) is 40.3 Å². The number of ether oxygens (including phenoxy) is 1. The first-order chi connectivity index (χ1) is 28.9. The average Bonchev–Trinajstić information content (AvgIpc) is 3.74. The van der Waals surface area contributed by atoms with Crippen molar-refractivity contribution in [1.29, 1.82) is 0 Å². The lowest BCUT2D eigenvalue weighted by molar-refractivity contribution is -0.193. The van der Waals surface area contributed by atoms with Crippen LogP contribution in [-0.2, 0) is 40.4 Å². The molecular weight excluding hydrogens is 751 g/mol. The Hall–Kier alpha value is -6.84. The number of carbonyl (C=O) groups excluding carboxylic acids is 3. The topological polar surface area (TPSA) is 161 Å². The third-order valence-corrected chi connectivity index (χ3v) is 11.0. The molecule has 3 aliphatic rings. The van der Waals surface area contributed by atoms with Crippen LogP contribution >= 0.6 is 0 Å². The lowest BCUT2D eigenvalue weighted by Crippen LogP contribution is -2.76. The summed E-state index contributed by atoms with van der Waals surface area (Å²) in [5, 5.41) is 21.6. The number of benzene rings is 3. The summed E-state index contributed by atoms with van der Waals surface area (Å²) >= 11 is 0. The monoisotopic (exact) mass is 793 g/mol. The van der Waals surface area contributed by atoms with Gasteiger partial charge in [-0.3, -0.25) is 14.6 Å². The number of aromatic hydroxyl groups is 1. The van der Waals surface area contributed by atoms with Crippen molar-refractivity contribution in [3.8, 4) is 17.1 Å². The fourth-order valence-corrected chi connectivity index (χ4v) is 8.12. The maximum Gasteiger partial charge on any atom is 0.334 e. The van der Waals surface area contributed by atoms with Crippen molar-refractivity contribution in [2.24, 2.45) is 0 Å². The third-order valence-electron chi connectivity index (χ3n) is 11.0. The van der Waals surface area contributed by atoms with Crippen molar-refractivity contribution in [2.45, 2.75) is 38.3 Å². The van der Waals surface area contributed by atoms with Crippen LogP contribution in [0.15, 0.2) is 120 Å². The normalized spacial score (nSPS) is 18.6.